The number of methoxy groups -OCH3 is 2. The van der Waals surface area contributed by atoms with Crippen LogP contribution in [-0.2, 0) is 47.8 Å². The van der Waals surface area contributed by atoms with Crippen LogP contribution >= 0.6 is 23.5 Å². The molecule has 6 amide bonds. The van der Waals surface area contributed by atoms with Crippen molar-refractivity contribution in [2.24, 2.45) is 0 Å². The van der Waals surface area contributed by atoms with Gasteiger partial charge in [-0.1, -0.05) is 0 Å². The lowest BCUT2D eigenvalue weighted by atomic mass is 10.1. The van der Waals surface area contributed by atoms with Crippen LogP contribution in [0.1, 0.15) is 78.1 Å². The molecule has 0 saturated carbocycles. The fourth-order valence-corrected chi connectivity index (χ4v) is 12.8. The minimum absolute atomic E-state index is 0.187. The average molecular weight is 819 g/mol. The Bertz CT molecular complexity index is 1520. The molecule has 10 atom stereocenters. The van der Waals surface area contributed by atoms with E-state index in [1.165, 1.54) is 47.5 Å². The molecular weight excluding hydrogens is 765 g/mol. The molecule has 0 N–H and O–H groups in total. The number of nitrogens with zero attached hydrogens (tertiary/aromatic N) is 6. The van der Waals surface area contributed by atoms with E-state index in [4.69, 9.17) is 9.47 Å². The normalized spacial score (nSPS) is 36.1. The van der Waals surface area contributed by atoms with Crippen molar-refractivity contribution in [1.82, 2.24) is 29.4 Å². The monoisotopic (exact) mass is 818 g/mol. The van der Waals surface area contributed by atoms with E-state index in [2.05, 4.69) is 0 Å². The van der Waals surface area contributed by atoms with Gasteiger partial charge < -0.3 is 38.9 Å². The summed E-state index contributed by atoms with van der Waals surface area (Å²) in [4.78, 5) is 121. The third-order valence-electron chi connectivity index (χ3n) is 12.8. The maximum Gasteiger partial charge on any atom is 0.328 e. The van der Waals surface area contributed by atoms with E-state index in [1.807, 2.05) is 0 Å². The van der Waals surface area contributed by atoms with Crippen LogP contribution in [0.3, 0.4) is 0 Å². The number of esters is 2. The topological polar surface area (TPSA) is 174 Å². The van der Waals surface area contributed by atoms with E-state index in [0.29, 0.717) is 77.5 Å². The van der Waals surface area contributed by atoms with Crippen molar-refractivity contribution in [3.63, 3.8) is 0 Å². The summed E-state index contributed by atoms with van der Waals surface area (Å²) in [6, 6.07) is -4.82. The third-order valence-corrected chi connectivity index (χ3v) is 15.5. The molecule has 7 heterocycles. The summed E-state index contributed by atoms with van der Waals surface area (Å²) in [5, 5.41) is -1.77. The summed E-state index contributed by atoms with van der Waals surface area (Å²) in [5.41, 5.74) is 0. The number of hydrogen-bond donors (Lipinski definition) is 0. The summed E-state index contributed by atoms with van der Waals surface area (Å²) in [6.45, 7) is 5.42. The van der Waals surface area contributed by atoms with Crippen LogP contribution in [0.2, 0.25) is 0 Å². The number of rotatable bonds is 2. The Morgan fingerprint density at radius 1 is 0.482 bits per heavy atom. The smallest absolute Gasteiger partial charge is 0.328 e. The zero-order chi connectivity index (χ0) is 40.0. The Morgan fingerprint density at radius 3 is 1.07 bits per heavy atom. The fraction of sp³-hybridized carbons (Fsp3) is 0.789. The fourth-order valence-electron chi connectivity index (χ4n) is 10.1. The molecule has 18 heteroatoms. The molecule has 0 aromatic carbocycles. The average Bonchev–Trinajstić information content (AvgIpc) is 4.05. The Kier molecular flexibility index (Phi) is 12.2. The molecule has 0 aliphatic carbocycles. The molecule has 0 aromatic rings. The molecule has 0 radical (unpaired) electrons. The Balaban J connectivity index is 1.20. The summed E-state index contributed by atoms with van der Waals surface area (Å²) in [7, 11) is 2.55. The SMILES string of the molecule is COC(=O)[C@@H]1C[C@H]2CN1C(=O)[C@@H]1CCCN1C(=O)[C@@H]1CCCN1C(=O)[C@@H](C)S[C@H]1C[C@@H](C(=O)OC)N(C1)C(=O)[C@@H]1CCCN1C(=O)[C@@H]1CCCN1C(=O)[C@@H](C)S2. The third kappa shape index (κ3) is 7.48. The molecule has 7 aliphatic rings. The maximum absolute atomic E-state index is 14.3. The summed E-state index contributed by atoms with van der Waals surface area (Å²) < 4.78 is 10.2. The van der Waals surface area contributed by atoms with Gasteiger partial charge in [0, 0.05) is 49.8 Å². The highest BCUT2D eigenvalue weighted by Crippen LogP contribution is 2.38. The molecule has 0 aromatic heterocycles. The van der Waals surface area contributed by atoms with E-state index in [1.54, 1.807) is 33.4 Å². The van der Waals surface area contributed by atoms with Crippen LogP contribution in [0, 0.1) is 0 Å². The van der Waals surface area contributed by atoms with Crippen molar-refractivity contribution in [1.29, 1.82) is 0 Å². The van der Waals surface area contributed by atoms with E-state index in [-0.39, 0.29) is 71.9 Å². The van der Waals surface area contributed by atoms with Gasteiger partial charge in [0.1, 0.15) is 36.3 Å². The summed E-state index contributed by atoms with van der Waals surface area (Å²) >= 11 is 2.72. The summed E-state index contributed by atoms with van der Waals surface area (Å²) in [6.07, 6.45) is 4.77. The van der Waals surface area contributed by atoms with Crippen LogP contribution in [0.5, 0.6) is 0 Å². The quantitative estimate of drug-likeness (QED) is 0.354. The molecular formula is C38H54N6O10S2. The standard InChI is InChI=1S/C38H54N6O10S2/c1-21-31(45)39-13-5-9-25(39)33(47)41-15-7-12-28(41)36(50)44-20-24(18-30(44)38(52)54-4)56-22(2)32(46)40-14-6-10-26(40)34(48)42-16-8-11-27(42)35(49)43-19-23(55-21)17-29(43)37(51)53-3/h21-30H,5-20H2,1-4H3/t21-,22-,23+,24+,25+,26+,27+,28+,29+,30+/m1/s1. The van der Waals surface area contributed by atoms with E-state index < -0.39 is 58.7 Å². The predicted molar refractivity (Wildman–Crippen MR) is 205 cm³/mol. The maximum atomic E-state index is 14.3. The van der Waals surface area contributed by atoms with E-state index in [0.717, 1.165) is 0 Å². The first-order valence-corrected chi connectivity index (χ1v) is 22.0. The zero-order valence-corrected chi connectivity index (χ0v) is 34.3. The number of ether oxygens (including phenoxy) is 2. The Hall–Kier alpha value is -3.54. The summed E-state index contributed by atoms with van der Waals surface area (Å²) in [5.74, 6) is -2.80. The minimum Gasteiger partial charge on any atom is -0.467 e. The van der Waals surface area contributed by atoms with Crippen molar-refractivity contribution in [2.75, 3.05) is 53.5 Å². The first kappa shape index (κ1) is 40.6. The molecule has 0 spiro atoms. The van der Waals surface area contributed by atoms with Crippen LogP contribution in [0.25, 0.3) is 0 Å². The lowest BCUT2D eigenvalue weighted by molar-refractivity contribution is -0.155. The van der Waals surface area contributed by atoms with Crippen molar-refractivity contribution < 1.29 is 47.8 Å². The second-order valence-corrected chi connectivity index (χ2v) is 19.4. The Labute approximate surface area is 336 Å². The number of carbonyl (C=O) groups excluding carboxylic acids is 8. The van der Waals surface area contributed by atoms with Gasteiger partial charge in [0.25, 0.3) is 0 Å². The van der Waals surface area contributed by atoms with Crippen molar-refractivity contribution in [2.45, 2.75) is 135 Å². The van der Waals surface area contributed by atoms with Gasteiger partial charge in [-0.15, -0.1) is 23.5 Å². The largest absolute Gasteiger partial charge is 0.467 e. The van der Waals surface area contributed by atoms with Gasteiger partial charge in [-0.25, -0.2) is 9.59 Å². The minimum atomic E-state index is -0.877. The highest BCUT2D eigenvalue weighted by Gasteiger charge is 2.51. The molecule has 7 rings (SSSR count). The molecule has 4 bridgehead atoms. The van der Waals surface area contributed by atoms with Gasteiger partial charge in [-0.05, 0) is 78.1 Å². The molecule has 0 unspecified atom stereocenters. The molecule has 7 saturated heterocycles. The number of amides is 6. The number of fused-ring (bicyclic) bond motifs is 8. The first-order chi connectivity index (χ1) is 26.8. The van der Waals surface area contributed by atoms with Crippen LogP contribution in [0.4, 0.5) is 0 Å². The number of carbonyl (C=O) groups is 8. The van der Waals surface area contributed by atoms with Crippen molar-refractivity contribution >= 4 is 70.9 Å². The van der Waals surface area contributed by atoms with Crippen LogP contribution < -0.4 is 0 Å². The van der Waals surface area contributed by atoms with E-state index >= 15 is 0 Å². The molecule has 308 valence electrons. The predicted octanol–water partition coefficient (Wildman–Crippen LogP) is 0.492. The number of hydrogen-bond acceptors (Lipinski definition) is 12. The molecule has 16 nitrogen and oxygen atoms in total. The van der Waals surface area contributed by atoms with Gasteiger partial charge >= 0.3 is 11.9 Å². The lowest BCUT2D eigenvalue weighted by Gasteiger charge is -2.35. The molecule has 7 aliphatic heterocycles. The highest BCUT2D eigenvalue weighted by molar-refractivity contribution is 8.01. The first-order valence-electron chi connectivity index (χ1n) is 20.1. The molecule has 7 fully saturated rings. The second-order valence-electron chi connectivity index (χ2n) is 16.1. The van der Waals surface area contributed by atoms with Crippen molar-refractivity contribution in [3.8, 4) is 0 Å². The van der Waals surface area contributed by atoms with Crippen molar-refractivity contribution in [3.05, 3.63) is 0 Å². The van der Waals surface area contributed by atoms with Gasteiger partial charge in [-0.2, -0.15) is 0 Å². The highest BCUT2D eigenvalue weighted by atomic mass is 32.2. The Morgan fingerprint density at radius 2 is 0.768 bits per heavy atom. The van der Waals surface area contributed by atoms with Crippen LogP contribution in [-0.4, -0.2) is 188 Å². The van der Waals surface area contributed by atoms with Gasteiger partial charge in [0.2, 0.25) is 35.4 Å². The molecule has 56 heavy (non-hydrogen) atoms. The van der Waals surface area contributed by atoms with Gasteiger partial charge in [0.15, 0.2) is 0 Å². The van der Waals surface area contributed by atoms with Gasteiger partial charge in [0.05, 0.1) is 24.7 Å². The zero-order valence-electron chi connectivity index (χ0n) is 32.7. The van der Waals surface area contributed by atoms with Gasteiger partial charge in [-0.3, -0.25) is 28.8 Å². The van der Waals surface area contributed by atoms with E-state index in [9.17, 15) is 38.4 Å². The second kappa shape index (κ2) is 16.7. The lowest BCUT2D eigenvalue weighted by Crippen LogP contribution is -2.56. The van der Waals surface area contributed by atoms with Crippen LogP contribution in [0.15, 0.2) is 0 Å². The number of thioether (sulfide) groups is 2.